The van der Waals surface area contributed by atoms with Crippen molar-refractivity contribution in [1.29, 1.82) is 5.26 Å². The number of nitrogens with zero attached hydrogens (tertiary/aromatic N) is 1. The van der Waals surface area contributed by atoms with Crippen molar-refractivity contribution in [3.63, 3.8) is 0 Å². The standard InChI is InChI=1S/C16H11NO4/c17-9-11-5-1-2-6-12(11)21-16(18)15-10-19-13-7-3-4-8-14(13)20-15/h1-8,15H,10H2/t15-/m0/s1. The van der Waals surface area contributed by atoms with Crippen molar-refractivity contribution in [2.75, 3.05) is 6.61 Å². The number of hydrogen-bond acceptors (Lipinski definition) is 5. The number of esters is 1. The van der Waals surface area contributed by atoms with E-state index < -0.39 is 12.1 Å². The summed E-state index contributed by atoms with van der Waals surface area (Å²) in [5, 5.41) is 8.97. The average molecular weight is 281 g/mol. The molecule has 2 aromatic rings. The number of rotatable bonds is 2. The molecule has 1 aliphatic heterocycles. The maximum absolute atomic E-state index is 12.1. The summed E-state index contributed by atoms with van der Waals surface area (Å²) in [6.07, 6.45) is -0.855. The number of carbonyl (C=O) groups is 1. The third kappa shape index (κ3) is 2.65. The zero-order valence-electron chi connectivity index (χ0n) is 11.0. The Labute approximate surface area is 121 Å². The average Bonchev–Trinajstić information content (AvgIpc) is 2.55. The van der Waals surface area contributed by atoms with Gasteiger partial charge in [-0.15, -0.1) is 0 Å². The minimum absolute atomic E-state index is 0.0740. The summed E-state index contributed by atoms with van der Waals surface area (Å²) >= 11 is 0. The molecule has 0 unspecified atom stereocenters. The van der Waals surface area contributed by atoms with E-state index in [9.17, 15) is 4.79 Å². The summed E-state index contributed by atoms with van der Waals surface area (Å²) in [6.45, 7) is 0.0740. The zero-order chi connectivity index (χ0) is 14.7. The maximum atomic E-state index is 12.1. The summed E-state index contributed by atoms with van der Waals surface area (Å²) in [4.78, 5) is 12.1. The summed E-state index contributed by atoms with van der Waals surface area (Å²) in [5.41, 5.74) is 0.294. The van der Waals surface area contributed by atoms with Gasteiger partial charge in [0.2, 0.25) is 6.10 Å². The fourth-order valence-electron chi connectivity index (χ4n) is 1.96. The van der Waals surface area contributed by atoms with Crippen LogP contribution in [-0.2, 0) is 4.79 Å². The highest BCUT2D eigenvalue weighted by Crippen LogP contribution is 2.31. The number of ether oxygens (including phenoxy) is 3. The second-order valence-electron chi connectivity index (χ2n) is 4.39. The first-order valence-electron chi connectivity index (χ1n) is 6.37. The first-order chi connectivity index (χ1) is 10.3. The van der Waals surface area contributed by atoms with Crippen molar-refractivity contribution in [1.82, 2.24) is 0 Å². The molecule has 0 fully saturated rings. The highest BCUT2D eigenvalue weighted by molar-refractivity contribution is 5.79. The molecule has 2 aromatic carbocycles. The molecule has 0 bridgehead atoms. The Balaban J connectivity index is 1.74. The van der Waals surface area contributed by atoms with E-state index in [0.29, 0.717) is 17.1 Å². The van der Waals surface area contributed by atoms with Gasteiger partial charge in [-0.05, 0) is 24.3 Å². The smallest absolute Gasteiger partial charge is 0.356 e. The zero-order valence-corrected chi connectivity index (χ0v) is 11.0. The third-order valence-corrected chi connectivity index (χ3v) is 2.99. The minimum atomic E-state index is -0.855. The van der Waals surface area contributed by atoms with E-state index in [1.165, 1.54) is 0 Å². The van der Waals surface area contributed by atoms with Gasteiger partial charge in [0.15, 0.2) is 11.5 Å². The van der Waals surface area contributed by atoms with Crippen LogP contribution in [0.4, 0.5) is 0 Å². The van der Waals surface area contributed by atoms with E-state index in [1.54, 1.807) is 42.5 Å². The van der Waals surface area contributed by atoms with Crippen LogP contribution < -0.4 is 14.2 Å². The van der Waals surface area contributed by atoms with Gasteiger partial charge in [-0.2, -0.15) is 5.26 Å². The molecule has 5 nitrogen and oxygen atoms in total. The number of para-hydroxylation sites is 3. The highest BCUT2D eigenvalue weighted by atomic mass is 16.6. The molecule has 0 N–H and O–H groups in total. The van der Waals surface area contributed by atoms with Crippen LogP contribution >= 0.6 is 0 Å². The molecule has 0 radical (unpaired) electrons. The Morgan fingerprint density at radius 1 is 1.14 bits per heavy atom. The Kier molecular flexibility index (Phi) is 3.44. The van der Waals surface area contributed by atoms with Crippen molar-refractivity contribution in [2.45, 2.75) is 6.10 Å². The fourth-order valence-corrected chi connectivity index (χ4v) is 1.96. The first kappa shape index (κ1) is 13.0. The van der Waals surface area contributed by atoms with Gasteiger partial charge in [-0.25, -0.2) is 4.79 Å². The van der Waals surface area contributed by atoms with Crippen LogP contribution in [0, 0.1) is 11.3 Å². The van der Waals surface area contributed by atoms with E-state index in [1.807, 2.05) is 12.1 Å². The van der Waals surface area contributed by atoms with Crippen LogP contribution in [0.1, 0.15) is 5.56 Å². The fraction of sp³-hybridized carbons (Fsp3) is 0.125. The highest BCUT2D eigenvalue weighted by Gasteiger charge is 2.29. The lowest BCUT2D eigenvalue weighted by Gasteiger charge is -2.24. The molecule has 0 aliphatic carbocycles. The minimum Gasteiger partial charge on any atom is -0.485 e. The topological polar surface area (TPSA) is 68.5 Å². The Morgan fingerprint density at radius 2 is 1.86 bits per heavy atom. The predicted octanol–water partition coefficient (Wildman–Crippen LogP) is 2.30. The molecule has 104 valence electrons. The van der Waals surface area contributed by atoms with E-state index in [2.05, 4.69) is 0 Å². The molecule has 21 heavy (non-hydrogen) atoms. The van der Waals surface area contributed by atoms with Gasteiger partial charge >= 0.3 is 5.97 Å². The van der Waals surface area contributed by atoms with E-state index in [-0.39, 0.29) is 12.4 Å². The van der Waals surface area contributed by atoms with Gasteiger partial charge in [0.25, 0.3) is 0 Å². The Morgan fingerprint density at radius 3 is 2.67 bits per heavy atom. The molecule has 0 aromatic heterocycles. The second-order valence-corrected chi connectivity index (χ2v) is 4.39. The monoisotopic (exact) mass is 281 g/mol. The molecule has 1 heterocycles. The van der Waals surface area contributed by atoms with Gasteiger partial charge < -0.3 is 14.2 Å². The summed E-state index contributed by atoms with van der Waals surface area (Å²) in [6, 6.07) is 15.6. The molecule has 5 heteroatoms. The van der Waals surface area contributed by atoms with Gasteiger partial charge in [0, 0.05) is 0 Å². The summed E-state index contributed by atoms with van der Waals surface area (Å²) in [7, 11) is 0. The molecule has 3 rings (SSSR count). The number of benzene rings is 2. The second kappa shape index (κ2) is 5.55. The molecule has 1 aliphatic rings. The van der Waals surface area contributed by atoms with Crippen molar-refractivity contribution < 1.29 is 19.0 Å². The predicted molar refractivity (Wildman–Crippen MR) is 73.1 cm³/mol. The lowest BCUT2D eigenvalue weighted by atomic mass is 10.2. The maximum Gasteiger partial charge on any atom is 0.356 e. The van der Waals surface area contributed by atoms with Crippen LogP contribution in [-0.4, -0.2) is 18.7 Å². The molecular formula is C16H11NO4. The van der Waals surface area contributed by atoms with Crippen LogP contribution in [0.25, 0.3) is 0 Å². The van der Waals surface area contributed by atoms with Gasteiger partial charge in [0.05, 0.1) is 5.56 Å². The normalized spacial score (nSPS) is 15.9. The van der Waals surface area contributed by atoms with Gasteiger partial charge in [0.1, 0.15) is 18.4 Å². The summed E-state index contributed by atoms with van der Waals surface area (Å²) in [5.74, 6) is 0.720. The number of fused-ring (bicyclic) bond motifs is 1. The Bertz CT molecular complexity index is 720. The van der Waals surface area contributed by atoms with Crippen LogP contribution in [0.3, 0.4) is 0 Å². The van der Waals surface area contributed by atoms with Crippen molar-refractivity contribution in [3.05, 3.63) is 54.1 Å². The van der Waals surface area contributed by atoms with Gasteiger partial charge in [-0.1, -0.05) is 24.3 Å². The SMILES string of the molecule is N#Cc1ccccc1OC(=O)[C@@H]1COc2ccccc2O1. The summed E-state index contributed by atoms with van der Waals surface area (Å²) < 4.78 is 16.2. The van der Waals surface area contributed by atoms with Crippen molar-refractivity contribution in [3.8, 4) is 23.3 Å². The quantitative estimate of drug-likeness (QED) is 0.624. The molecule has 1 atom stereocenters. The first-order valence-corrected chi connectivity index (χ1v) is 6.37. The van der Waals surface area contributed by atoms with E-state index >= 15 is 0 Å². The Hall–Kier alpha value is -3.00. The largest absolute Gasteiger partial charge is 0.485 e. The van der Waals surface area contributed by atoms with Crippen LogP contribution in [0.2, 0.25) is 0 Å². The molecular weight excluding hydrogens is 270 g/mol. The number of hydrogen-bond donors (Lipinski definition) is 0. The van der Waals surface area contributed by atoms with Gasteiger partial charge in [-0.3, -0.25) is 0 Å². The third-order valence-electron chi connectivity index (χ3n) is 2.99. The lowest BCUT2D eigenvalue weighted by Crippen LogP contribution is -2.39. The number of nitriles is 1. The lowest BCUT2D eigenvalue weighted by molar-refractivity contribution is -0.144. The van der Waals surface area contributed by atoms with Crippen LogP contribution in [0.5, 0.6) is 17.2 Å². The van der Waals surface area contributed by atoms with Crippen molar-refractivity contribution >= 4 is 5.97 Å². The van der Waals surface area contributed by atoms with E-state index in [4.69, 9.17) is 19.5 Å². The molecule has 0 saturated carbocycles. The molecule has 0 saturated heterocycles. The molecule has 0 spiro atoms. The van der Waals surface area contributed by atoms with E-state index in [0.717, 1.165) is 0 Å². The van der Waals surface area contributed by atoms with Crippen molar-refractivity contribution in [2.24, 2.45) is 0 Å². The van der Waals surface area contributed by atoms with Crippen LogP contribution in [0.15, 0.2) is 48.5 Å². The molecule has 0 amide bonds. The number of carbonyl (C=O) groups excluding carboxylic acids is 1.